The lowest BCUT2D eigenvalue weighted by Gasteiger charge is -2.34. The number of aromatic nitrogens is 2. The van der Waals surface area contributed by atoms with Gasteiger partial charge in [0.25, 0.3) is 0 Å². The highest BCUT2D eigenvalue weighted by Crippen LogP contribution is 2.33. The van der Waals surface area contributed by atoms with Crippen LogP contribution < -0.4 is 5.32 Å². The summed E-state index contributed by atoms with van der Waals surface area (Å²) in [7, 11) is 0. The molecule has 0 saturated carbocycles. The van der Waals surface area contributed by atoms with Gasteiger partial charge in [0.2, 0.25) is 5.91 Å². The van der Waals surface area contributed by atoms with Crippen LogP contribution in [0.2, 0.25) is 0 Å². The molecule has 1 aromatic heterocycles. The molecule has 0 spiro atoms. The van der Waals surface area contributed by atoms with Crippen LogP contribution in [0.1, 0.15) is 34.0 Å². The number of amides is 1. The Labute approximate surface area is 194 Å². The molecule has 1 N–H and O–H groups in total. The number of para-hydroxylation sites is 1. The molecule has 1 amide bonds. The maximum Gasteiger partial charge on any atom is 0.238 e. The number of aryl methyl sites for hydroxylation is 1. The van der Waals surface area contributed by atoms with E-state index in [1.807, 2.05) is 54.9 Å². The molecule has 0 aliphatic carbocycles. The highest BCUT2D eigenvalue weighted by Gasteiger charge is 2.27. The van der Waals surface area contributed by atoms with Crippen LogP contribution in [0.3, 0.4) is 0 Å². The van der Waals surface area contributed by atoms with E-state index in [0.29, 0.717) is 6.54 Å². The van der Waals surface area contributed by atoms with Crippen molar-refractivity contribution in [2.45, 2.75) is 26.3 Å². The van der Waals surface area contributed by atoms with Crippen LogP contribution in [0.4, 0.5) is 5.69 Å². The average molecular weight is 437 g/mol. The van der Waals surface area contributed by atoms with E-state index in [-0.39, 0.29) is 11.8 Å². The van der Waals surface area contributed by atoms with Crippen LogP contribution in [0.15, 0.2) is 84.9 Å². The molecular formula is C28H28N4O. The predicted molar refractivity (Wildman–Crippen MR) is 132 cm³/mol. The number of nitrogens with zero attached hydrogens (tertiary/aromatic N) is 3. The highest BCUT2D eigenvalue weighted by atomic mass is 16.2. The van der Waals surface area contributed by atoms with Gasteiger partial charge in [0.1, 0.15) is 0 Å². The zero-order valence-corrected chi connectivity index (χ0v) is 19.0. The summed E-state index contributed by atoms with van der Waals surface area (Å²) in [4.78, 5) is 15.3. The van der Waals surface area contributed by atoms with Gasteiger partial charge in [-0.1, -0.05) is 72.8 Å². The van der Waals surface area contributed by atoms with Crippen molar-refractivity contribution < 1.29 is 4.79 Å². The SMILES string of the molecule is Cc1nn(-c2ccccc2)c(C)c1NC(=O)CN1Cc2ccccc2C(c2ccccc2)C1. The van der Waals surface area contributed by atoms with Gasteiger partial charge in [-0.3, -0.25) is 9.69 Å². The number of rotatable bonds is 5. The molecule has 5 heteroatoms. The average Bonchev–Trinajstić information content (AvgIpc) is 3.13. The van der Waals surface area contributed by atoms with Gasteiger partial charge in [0.05, 0.1) is 29.3 Å². The number of benzene rings is 3. The van der Waals surface area contributed by atoms with Crippen molar-refractivity contribution in [2.24, 2.45) is 0 Å². The third-order valence-corrected chi connectivity index (χ3v) is 6.39. The smallest absolute Gasteiger partial charge is 0.238 e. The van der Waals surface area contributed by atoms with Gasteiger partial charge in [-0.2, -0.15) is 5.10 Å². The topological polar surface area (TPSA) is 50.2 Å². The second-order valence-corrected chi connectivity index (χ2v) is 8.67. The first kappa shape index (κ1) is 21.2. The lowest BCUT2D eigenvalue weighted by Crippen LogP contribution is -2.39. The Kier molecular flexibility index (Phi) is 5.80. The molecule has 166 valence electrons. The predicted octanol–water partition coefficient (Wildman–Crippen LogP) is 5.08. The van der Waals surface area contributed by atoms with Gasteiger partial charge in [-0.05, 0) is 42.7 Å². The molecule has 1 aliphatic rings. The fourth-order valence-electron chi connectivity index (χ4n) is 4.80. The third-order valence-electron chi connectivity index (χ3n) is 6.39. The van der Waals surface area contributed by atoms with Crippen molar-refractivity contribution in [3.63, 3.8) is 0 Å². The first-order chi connectivity index (χ1) is 16.1. The Morgan fingerprint density at radius 3 is 2.36 bits per heavy atom. The van der Waals surface area contributed by atoms with Crippen molar-refractivity contribution in [1.29, 1.82) is 0 Å². The van der Waals surface area contributed by atoms with E-state index in [9.17, 15) is 4.79 Å². The van der Waals surface area contributed by atoms with E-state index in [1.54, 1.807) is 0 Å². The normalized spacial score (nSPS) is 15.8. The molecule has 0 radical (unpaired) electrons. The fourth-order valence-corrected chi connectivity index (χ4v) is 4.80. The van der Waals surface area contributed by atoms with Crippen molar-refractivity contribution in [1.82, 2.24) is 14.7 Å². The zero-order chi connectivity index (χ0) is 22.8. The van der Waals surface area contributed by atoms with Gasteiger partial charge >= 0.3 is 0 Å². The number of carbonyl (C=O) groups is 1. The van der Waals surface area contributed by atoms with Crippen molar-refractivity contribution in [2.75, 3.05) is 18.4 Å². The Morgan fingerprint density at radius 2 is 1.61 bits per heavy atom. The molecule has 1 aliphatic heterocycles. The van der Waals surface area contributed by atoms with Crippen LogP contribution in [0.5, 0.6) is 0 Å². The van der Waals surface area contributed by atoms with Gasteiger partial charge in [-0.25, -0.2) is 4.68 Å². The standard InChI is InChI=1S/C28H28N4O/c1-20-28(21(2)32(30-20)24-14-7-4-8-15-24)29-27(33)19-31-17-23-13-9-10-16-25(23)26(18-31)22-11-5-3-6-12-22/h3-16,26H,17-19H2,1-2H3,(H,29,33). The number of hydrogen-bond acceptors (Lipinski definition) is 3. The molecule has 33 heavy (non-hydrogen) atoms. The molecule has 0 bridgehead atoms. The minimum Gasteiger partial charge on any atom is -0.322 e. The zero-order valence-electron chi connectivity index (χ0n) is 19.0. The summed E-state index contributed by atoms with van der Waals surface area (Å²) >= 11 is 0. The summed E-state index contributed by atoms with van der Waals surface area (Å²) in [5.41, 5.74) is 7.45. The maximum absolute atomic E-state index is 13.1. The summed E-state index contributed by atoms with van der Waals surface area (Å²) in [6.07, 6.45) is 0. The van der Waals surface area contributed by atoms with Crippen LogP contribution in [-0.4, -0.2) is 33.7 Å². The second-order valence-electron chi connectivity index (χ2n) is 8.67. The van der Waals surface area contributed by atoms with E-state index in [4.69, 9.17) is 0 Å². The largest absolute Gasteiger partial charge is 0.322 e. The first-order valence-corrected chi connectivity index (χ1v) is 11.4. The summed E-state index contributed by atoms with van der Waals surface area (Å²) in [5.74, 6) is 0.244. The summed E-state index contributed by atoms with van der Waals surface area (Å²) in [6.45, 7) is 5.85. The molecule has 0 saturated heterocycles. The van der Waals surface area contributed by atoms with Crippen molar-refractivity contribution >= 4 is 11.6 Å². The van der Waals surface area contributed by atoms with Gasteiger partial charge in [-0.15, -0.1) is 0 Å². The molecule has 5 rings (SSSR count). The van der Waals surface area contributed by atoms with E-state index in [1.165, 1.54) is 16.7 Å². The molecule has 3 aromatic carbocycles. The lowest BCUT2D eigenvalue weighted by molar-refractivity contribution is -0.117. The first-order valence-electron chi connectivity index (χ1n) is 11.4. The van der Waals surface area contributed by atoms with Crippen LogP contribution in [-0.2, 0) is 11.3 Å². The number of hydrogen-bond donors (Lipinski definition) is 1. The molecule has 5 nitrogen and oxygen atoms in total. The Balaban J connectivity index is 1.34. The minimum absolute atomic E-state index is 0.0139. The van der Waals surface area contributed by atoms with Crippen LogP contribution in [0.25, 0.3) is 5.69 Å². The maximum atomic E-state index is 13.1. The highest BCUT2D eigenvalue weighted by molar-refractivity contribution is 5.93. The van der Waals surface area contributed by atoms with E-state index < -0.39 is 0 Å². The Morgan fingerprint density at radius 1 is 0.939 bits per heavy atom. The monoisotopic (exact) mass is 436 g/mol. The molecule has 1 atom stereocenters. The number of carbonyl (C=O) groups excluding carboxylic acids is 1. The number of fused-ring (bicyclic) bond motifs is 1. The van der Waals surface area contributed by atoms with Crippen molar-refractivity contribution in [3.8, 4) is 5.69 Å². The van der Waals surface area contributed by atoms with Gasteiger partial charge in [0.15, 0.2) is 0 Å². The molecule has 4 aromatic rings. The summed E-state index contributed by atoms with van der Waals surface area (Å²) in [6, 6.07) is 29.1. The second kappa shape index (κ2) is 9.04. The quantitative estimate of drug-likeness (QED) is 0.475. The van der Waals surface area contributed by atoms with E-state index in [2.05, 4.69) is 63.8 Å². The lowest BCUT2D eigenvalue weighted by atomic mass is 9.84. The number of anilines is 1. The van der Waals surface area contributed by atoms with E-state index >= 15 is 0 Å². The van der Waals surface area contributed by atoms with Crippen molar-refractivity contribution in [3.05, 3.63) is 113 Å². The third kappa shape index (κ3) is 4.32. The van der Waals surface area contributed by atoms with Crippen LogP contribution in [0, 0.1) is 13.8 Å². The van der Waals surface area contributed by atoms with Gasteiger partial charge < -0.3 is 5.32 Å². The van der Waals surface area contributed by atoms with Crippen LogP contribution >= 0.6 is 0 Å². The summed E-state index contributed by atoms with van der Waals surface area (Å²) in [5, 5.41) is 7.78. The van der Waals surface area contributed by atoms with Gasteiger partial charge in [0, 0.05) is 19.0 Å². The number of nitrogens with one attached hydrogen (secondary N) is 1. The molecule has 1 unspecified atom stereocenters. The van der Waals surface area contributed by atoms with E-state index in [0.717, 1.165) is 35.9 Å². The molecular weight excluding hydrogens is 408 g/mol. The molecule has 2 heterocycles. The minimum atomic E-state index is -0.0139. The Hall–Kier alpha value is -3.70. The summed E-state index contributed by atoms with van der Waals surface area (Å²) < 4.78 is 1.88. The Bertz CT molecular complexity index is 1260. The molecule has 0 fully saturated rings. The fraction of sp³-hybridized carbons (Fsp3) is 0.214.